The van der Waals surface area contributed by atoms with Crippen molar-refractivity contribution in [2.75, 3.05) is 13.2 Å². The van der Waals surface area contributed by atoms with Gasteiger partial charge in [-0.2, -0.15) is 0 Å². The lowest BCUT2D eigenvalue weighted by molar-refractivity contribution is 0.285. The average molecular weight is 126 g/mol. The third-order valence-corrected chi connectivity index (χ3v) is 1.06. The lowest BCUT2D eigenvalue weighted by atomic mass is 10.4. The van der Waals surface area contributed by atoms with E-state index in [4.69, 9.17) is 10.5 Å². The third kappa shape index (κ3) is 1.76. The minimum absolute atomic E-state index is 0.656. The van der Waals surface area contributed by atoms with Gasteiger partial charge in [0, 0.05) is 19.0 Å². The van der Waals surface area contributed by atoms with E-state index >= 15 is 0 Å². The first-order chi connectivity index (χ1) is 4.43. The molecule has 1 aliphatic heterocycles. The molecule has 1 heterocycles. The lowest BCUT2D eigenvalue weighted by Gasteiger charge is -2.09. The fourth-order valence-corrected chi connectivity index (χ4v) is 0.659. The first-order valence-corrected chi connectivity index (χ1v) is 2.99. The maximum atomic E-state index is 5.12. The molecule has 0 bridgehead atoms. The molecule has 0 aliphatic carbocycles. The van der Waals surface area contributed by atoms with Crippen LogP contribution in [-0.4, -0.2) is 19.0 Å². The highest BCUT2D eigenvalue weighted by molar-refractivity contribution is 5.87. The van der Waals surface area contributed by atoms with E-state index in [9.17, 15) is 0 Å². The molecule has 1 rings (SSSR count). The molecular formula is C6H10N2O. The predicted octanol–water partition coefficient (Wildman–Crippen LogP) is 0.278. The fraction of sp³-hybridized carbons (Fsp3) is 0.500. The molecule has 1 aliphatic rings. The quantitative estimate of drug-likeness (QED) is 0.548. The molecular weight excluding hydrogens is 116 g/mol. The van der Waals surface area contributed by atoms with Crippen LogP contribution in [0.3, 0.4) is 0 Å². The van der Waals surface area contributed by atoms with E-state index in [1.54, 1.807) is 6.08 Å². The Bertz CT molecular complexity index is 140. The van der Waals surface area contributed by atoms with Gasteiger partial charge in [0.2, 0.25) is 5.90 Å². The molecule has 0 spiro atoms. The Labute approximate surface area is 54.2 Å². The molecule has 0 unspecified atom stereocenters. The molecule has 0 aromatic rings. The van der Waals surface area contributed by atoms with E-state index < -0.39 is 0 Å². The van der Waals surface area contributed by atoms with Gasteiger partial charge in [-0.15, -0.1) is 0 Å². The molecule has 9 heavy (non-hydrogen) atoms. The first kappa shape index (κ1) is 6.13. The highest BCUT2D eigenvalue weighted by Gasteiger charge is 1.99. The van der Waals surface area contributed by atoms with Gasteiger partial charge in [0.25, 0.3) is 0 Å². The van der Waals surface area contributed by atoms with Gasteiger partial charge in [0.15, 0.2) is 0 Å². The average Bonchev–Trinajstić information content (AvgIpc) is 1.91. The van der Waals surface area contributed by atoms with Crippen molar-refractivity contribution in [3.63, 3.8) is 0 Å². The van der Waals surface area contributed by atoms with Crippen molar-refractivity contribution in [1.82, 2.24) is 0 Å². The van der Waals surface area contributed by atoms with Crippen LogP contribution < -0.4 is 5.73 Å². The summed E-state index contributed by atoms with van der Waals surface area (Å²) in [6.07, 6.45) is 4.12. The zero-order chi connectivity index (χ0) is 6.53. The molecule has 3 heteroatoms. The summed E-state index contributed by atoms with van der Waals surface area (Å²) in [5.41, 5.74) is 5.12. The van der Waals surface area contributed by atoms with E-state index in [1.165, 1.54) is 6.20 Å². The Morgan fingerprint density at radius 2 is 2.56 bits per heavy atom. The van der Waals surface area contributed by atoms with Crippen LogP contribution >= 0.6 is 0 Å². The summed E-state index contributed by atoms with van der Waals surface area (Å²) in [6.45, 7) is 1.63. The summed E-state index contributed by atoms with van der Waals surface area (Å²) in [5, 5.41) is 0. The molecule has 0 saturated carbocycles. The van der Waals surface area contributed by atoms with Crippen molar-refractivity contribution in [3.8, 4) is 0 Å². The second kappa shape index (κ2) is 3.12. The Hall–Kier alpha value is -0.990. The monoisotopic (exact) mass is 126 g/mol. The largest absolute Gasteiger partial charge is 0.478 e. The molecule has 0 radical (unpaired) electrons. The number of nitrogens with zero attached hydrogens (tertiary/aromatic N) is 1. The Morgan fingerprint density at radius 1 is 1.67 bits per heavy atom. The molecule has 50 valence electrons. The summed E-state index contributed by atoms with van der Waals surface area (Å²) >= 11 is 0. The number of hydrogen-bond donors (Lipinski definition) is 1. The Balaban J connectivity index is 2.46. The summed E-state index contributed by atoms with van der Waals surface area (Å²) in [7, 11) is 0. The summed E-state index contributed by atoms with van der Waals surface area (Å²) in [5.74, 6) is 0.656. The zero-order valence-corrected chi connectivity index (χ0v) is 5.21. The second-order valence-corrected chi connectivity index (χ2v) is 1.78. The second-order valence-electron chi connectivity index (χ2n) is 1.78. The van der Waals surface area contributed by atoms with E-state index in [-0.39, 0.29) is 0 Å². The zero-order valence-electron chi connectivity index (χ0n) is 5.21. The molecule has 0 saturated heterocycles. The van der Waals surface area contributed by atoms with Crippen LogP contribution in [0.25, 0.3) is 0 Å². The van der Waals surface area contributed by atoms with Crippen LogP contribution in [0.1, 0.15) is 6.42 Å². The number of hydrogen-bond acceptors (Lipinski definition) is 3. The standard InChI is InChI=1S/C6H10N2O/c7-3-2-6-8-4-1-5-9-6/h2-3H,1,4-5,7H2. The van der Waals surface area contributed by atoms with E-state index in [1.807, 2.05) is 0 Å². The molecule has 0 fully saturated rings. The summed E-state index contributed by atoms with van der Waals surface area (Å²) < 4.78 is 5.10. The van der Waals surface area contributed by atoms with E-state index in [0.717, 1.165) is 19.6 Å². The van der Waals surface area contributed by atoms with Crippen molar-refractivity contribution in [2.24, 2.45) is 10.7 Å². The van der Waals surface area contributed by atoms with Crippen LogP contribution in [0.4, 0.5) is 0 Å². The van der Waals surface area contributed by atoms with Crippen LogP contribution in [0.15, 0.2) is 17.3 Å². The highest BCUT2D eigenvalue weighted by atomic mass is 16.5. The fourth-order valence-electron chi connectivity index (χ4n) is 0.659. The SMILES string of the molecule is NC=CC1=NCCCO1. The molecule has 0 aromatic carbocycles. The molecule has 0 aromatic heterocycles. The van der Waals surface area contributed by atoms with Gasteiger partial charge in [-0.3, -0.25) is 4.99 Å². The van der Waals surface area contributed by atoms with Gasteiger partial charge >= 0.3 is 0 Å². The maximum absolute atomic E-state index is 5.12. The van der Waals surface area contributed by atoms with E-state index in [2.05, 4.69) is 4.99 Å². The third-order valence-electron chi connectivity index (χ3n) is 1.06. The summed E-state index contributed by atoms with van der Waals surface area (Å²) in [6, 6.07) is 0. The highest BCUT2D eigenvalue weighted by Crippen LogP contribution is 1.96. The van der Waals surface area contributed by atoms with Gasteiger partial charge in [0.1, 0.15) is 0 Å². The minimum Gasteiger partial charge on any atom is -0.478 e. The van der Waals surface area contributed by atoms with Crippen molar-refractivity contribution in [3.05, 3.63) is 12.3 Å². The van der Waals surface area contributed by atoms with Crippen LogP contribution in [0.5, 0.6) is 0 Å². The number of ether oxygens (including phenoxy) is 1. The Morgan fingerprint density at radius 3 is 3.11 bits per heavy atom. The van der Waals surface area contributed by atoms with E-state index in [0.29, 0.717) is 5.90 Å². The van der Waals surface area contributed by atoms with Crippen LogP contribution in [0.2, 0.25) is 0 Å². The summed E-state index contributed by atoms with van der Waals surface area (Å²) in [4.78, 5) is 4.05. The maximum Gasteiger partial charge on any atom is 0.209 e. The van der Waals surface area contributed by atoms with Crippen LogP contribution in [0, 0.1) is 0 Å². The Kier molecular flexibility index (Phi) is 2.13. The van der Waals surface area contributed by atoms with Crippen molar-refractivity contribution < 1.29 is 4.74 Å². The molecule has 2 N–H and O–H groups in total. The number of rotatable bonds is 1. The van der Waals surface area contributed by atoms with Gasteiger partial charge < -0.3 is 10.5 Å². The lowest BCUT2D eigenvalue weighted by Crippen LogP contribution is -2.11. The van der Waals surface area contributed by atoms with Gasteiger partial charge in [0.05, 0.1) is 6.61 Å². The molecule has 0 amide bonds. The number of nitrogens with two attached hydrogens (primary N) is 1. The molecule has 3 nitrogen and oxygen atoms in total. The minimum atomic E-state index is 0.656. The van der Waals surface area contributed by atoms with Crippen molar-refractivity contribution in [2.45, 2.75) is 6.42 Å². The van der Waals surface area contributed by atoms with Crippen molar-refractivity contribution in [1.29, 1.82) is 0 Å². The smallest absolute Gasteiger partial charge is 0.209 e. The van der Waals surface area contributed by atoms with Crippen LogP contribution in [-0.2, 0) is 4.74 Å². The normalized spacial score (nSPS) is 19.3. The van der Waals surface area contributed by atoms with Gasteiger partial charge in [-0.05, 0) is 6.20 Å². The number of aliphatic imine (C=N–C) groups is 1. The van der Waals surface area contributed by atoms with Crippen molar-refractivity contribution >= 4 is 5.90 Å². The van der Waals surface area contributed by atoms with Gasteiger partial charge in [-0.25, -0.2) is 0 Å². The topological polar surface area (TPSA) is 47.6 Å². The molecule has 0 atom stereocenters. The van der Waals surface area contributed by atoms with Gasteiger partial charge in [-0.1, -0.05) is 0 Å². The predicted molar refractivity (Wildman–Crippen MR) is 36.2 cm³/mol. The first-order valence-electron chi connectivity index (χ1n) is 2.99.